The summed E-state index contributed by atoms with van der Waals surface area (Å²) >= 11 is 0. The molecule has 1 N–H and O–H groups in total. The van der Waals surface area contributed by atoms with Gasteiger partial charge >= 0.3 is 0 Å². The Morgan fingerprint density at radius 3 is 2.18 bits per heavy atom. The first-order valence-corrected chi connectivity index (χ1v) is 7.88. The molecule has 0 aliphatic heterocycles. The van der Waals surface area contributed by atoms with Crippen molar-refractivity contribution in [3.63, 3.8) is 0 Å². The molecule has 17 heavy (non-hydrogen) atoms. The fraction of sp³-hybridized carbons (Fsp3) is 0.538. The van der Waals surface area contributed by atoms with Crippen LogP contribution in [0.3, 0.4) is 0 Å². The smallest absolute Gasteiger partial charge is 0.151 e. The average molecular weight is 255 g/mol. The maximum Gasteiger partial charge on any atom is 0.151 e. The fourth-order valence-corrected chi connectivity index (χ4v) is 2.24. The monoisotopic (exact) mass is 255 g/mol. The first-order valence-electron chi connectivity index (χ1n) is 6.06. The van der Waals surface area contributed by atoms with Gasteiger partial charge in [-0.1, -0.05) is 38.1 Å². The largest absolute Gasteiger partial charge is 0.312 e. The van der Waals surface area contributed by atoms with Gasteiger partial charge in [0.1, 0.15) is 0 Å². The molecule has 0 saturated heterocycles. The van der Waals surface area contributed by atoms with Crippen molar-refractivity contribution in [3.8, 4) is 0 Å². The molecule has 0 bridgehead atoms. The van der Waals surface area contributed by atoms with Crippen LogP contribution in [0.5, 0.6) is 0 Å². The SMILES string of the molecule is CCc1ccc(CNCCS(=O)(=O)CC)cc1. The Bertz CT molecular complexity index is 423. The van der Waals surface area contributed by atoms with E-state index in [0.717, 1.165) is 13.0 Å². The van der Waals surface area contributed by atoms with E-state index in [2.05, 4.69) is 36.5 Å². The van der Waals surface area contributed by atoms with Gasteiger partial charge in [-0.2, -0.15) is 0 Å². The van der Waals surface area contributed by atoms with E-state index in [4.69, 9.17) is 0 Å². The van der Waals surface area contributed by atoms with Crippen LogP contribution in [0.2, 0.25) is 0 Å². The summed E-state index contributed by atoms with van der Waals surface area (Å²) in [5.41, 5.74) is 2.51. The molecule has 1 aromatic rings. The van der Waals surface area contributed by atoms with Crippen LogP contribution in [-0.4, -0.2) is 26.5 Å². The van der Waals surface area contributed by atoms with Gasteiger partial charge in [-0.3, -0.25) is 0 Å². The van der Waals surface area contributed by atoms with E-state index in [-0.39, 0.29) is 11.5 Å². The third-order valence-corrected chi connectivity index (χ3v) is 4.50. The van der Waals surface area contributed by atoms with Crippen molar-refractivity contribution in [1.82, 2.24) is 5.32 Å². The van der Waals surface area contributed by atoms with Crippen LogP contribution in [0.4, 0.5) is 0 Å². The second kappa shape index (κ2) is 6.77. The summed E-state index contributed by atoms with van der Waals surface area (Å²) in [6.45, 7) is 5.05. The second-order valence-electron chi connectivity index (χ2n) is 4.08. The molecular weight excluding hydrogens is 234 g/mol. The average Bonchev–Trinajstić information content (AvgIpc) is 2.35. The molecule has 4 heteroatoms. The van der Waals surface area contributed by atoms with Gasteiger partial charge in [0, 0.05) is 18.8 Å². The van der Waals surface area contributed by atoms with Crippen molar-refractivity contribution in [3.05, 3.63) is 35.4 Å². The highest BCUT2D eigenvalue weighted by Gasteiger charge is 2.05. The number of rotatable bonds is 7. The molecule has 0 radical (unpaired) electrons. The minimum Gasteiger partial charge on any atom is -0.312 e. The lowest BCUT2D eigenvalue weighted by molar-refractivity contribution is 0.592. The highest BCUT2D eigenvalue weighted by atomic mass is 32.2. The van der Waals surface area contributed by atoms with E-state index >= 15 is 0 Å². The fourth-order valence-electron chi connectivity index (χ4n) is 1.50. The molecular formula is C13H21NO2S. The minimum absolute atomic E-state index is 0.219. The standard InChI is InChI=1S/C13H21NO2S/c1-3-12-5-7-13(8-6-12)11-14-9-10-17(15,16)4-2/h5-8,14H,3-4,9-11H2,1-2H3. The zero-order valence-corrected chi connectivity index (χ0v) is 11.4. The maximum absolute atomic E-state index is 11.3. The van der Waals surface area contributed by atoms with Crippen molar-refractivity contribution in [2.24, 2.45) is 0 Å². The highest BCUT2D eigenvalue weighted by molar-refractivity contribution is 7.91. The normalized spacial score (nSPS) is 11.6. The van der Waals surface area contributed by atoms with E-state index in [1.54, 1.807) is 6.92 Å². The molecule has 0 unspecified atom stereocenters. The molecule has 0 aliphatic carbocycles. The molecule has 96 valence electrons. The first-order chi connectivity index (χ1) is 8.07. The van der Waals surface area contributed by atoms with Gasteiger partial charge in [-0.15, -0.1) is 0 Å². The predicted molar refractivity (Wildman–Crippen MR) is 71.9 cm³/mol. The molecule has 0 aliphatic rings. The quantitative estimate of drug-likeness (QED) is 0.755. The topological polar surface area (TPSA) is 46.2 Å². The summed E-state index contributed by atoms with van der Waals surface area (Å²) in [5.74, 6) is 0.441. The molecule has 0 atom stereocenters. The number of sulfone groups is 1. The minimum atomic E-state index is -2.85. The summed E-state index contributed by atoms with van der Waals surface area (Å²) in [6.07, 6.45) is 1.04. The molecule has 3 nitrogen and oxygen atoms in total. The van der Waals surface area contributed by atoms with Gasteiger partial charge in [0.05, 0.1) is 5.75 Å². The van der Waals surface area contributed by atoms with Crippen LogP contribution < -0.4 is 5.32 Å². The van der Waals surface area contributed by atoms with Crippen molar-refractivity contribution >= 4 is 9.84 Å². The second-order valence-corrected chi connectivity index (χ2v) is 6.56. The van der Waals surface area contributed by atoms with Crippen LogP contribution in [0, 0.1) is 0 Å². The van der Waals surface area contributed by atoms with Gasteiger partial charge in [0.15, 0.2) is 9.84 Å². The Kier molecular flexibility index (Phi) is 5.65. The lowest BCUT2D eigenvalue weighted by Crippen LogP contribution is -2.23. The van der Waals surface area contributed by atoms with Crippen LogP contribution in [0.15, 0.2) is 24.3 Å². The third-order valence-electron chi connectivity index (χ3n) is 2.79. The molecule has 0 heterocycles. The van der Waals surface area contributed by atoms with Crippen molar-refractivity contribution < 1.29 is 8.42 Å². The van der Waals surface area contributed by atoms with Crippen molar-refractivity contribution in [1.29, 1.82) is 0 Å². The Hall–Kier alpha value is -0.870. The molecule has 0 saturated carbocycles. The van der Waals surface area contributed by atoms with E-state index in [1.165, 1.54) is 11.1 Å². The van der Waals surface area contributed by atoms with Gasteiger partial charge in [-0.25, -0.2) is 8.42 Å². The number of nitrogens with one attached hydrogen (secondary N) is 1. The van der Waals surface area contributed by atoms with E-state index in [1.807, 2.05) is 0 Å². The zero-order chi connectivity index (χ0) is 12.7. The highest BCUT2D eigenvalue weighted by Crippen LogP contribution is 2.04. The van der Waals surface area contributed by atoms with Gasteiger partial charge in [0.2, 0.25) is 0 Å². The van der Waals surface area contributed by atoms with E-state index in [0.29, 0.717) is 6.54 Å². The Balaban J connectivity index is 2.31. The first kappa shape index (κ1) is 14.2. The predicted octanol–water partition coefficient (Wildman–Crippen LogP) is 1.77. The van der Waals surface area contributed by atoms with Crippen molar-refractivity contribution in [2.75, 3.05) is 18.1 Å². The van der Waals surface area contributed by atoms with Crippen LogP contribution in [-0.2, 0) is 22.8 Å². The maximum atomic E-state index is 11.3. The van der Waals surface area contributed by atoms with E-state index < -0.39 is 9.84 Å². The van der Waals surface area contributed by atoms with Gasteiger partial charge in [-0.05, 0) is 17.5 Å². The Morgan fingerprint density at radius 2 is 1.65 bits per heavy atom. The summed E-state index contributed by atoms with van der Waals surface area (Å²) in [5, 5.41) is 3.15. The Morgan fingerprint density at radius 1 is 1.06 bits per heavy atom. The van der Waals surface area contributed by atoms with Gasteiger partial charge < -0.3 is 5.32 Å². The molecule has 1 aromatic carbocycles. The Labute approximate surface area is 104 Å². The van der Waals surface area contributed by atoms with Crippen LogP contribution in [0.1, 0.15) is 25.0 Å². The van der Waals surface area contributed by atoms with E-state index in [9.17, 15) is 8.42 Å². The van der Waals surface area contributed by atoms with Crippen LogP contribution in [0.25, 0.3) is 0 Å². The summed E-state index contributed by atoms with van der Waals surface area (Å²) in [7, 11) is -2.85. The zero-order valence-electron chi connectivity index (χ0n) is 10.6. The molecule has 0 fully saturated rings. The third kappa shape index (κ3) is 5.33. The molecule has 1 rings (SSSR count). The number of benzene rings is 1. The van der Waals surface area contributed by atoms with Crippen LogP contribution >= 0.6 is 0 Å². The molecule has 0 amide bonds. The molecule has 0 aromatic heterocycles. The summed E-state index contributed by atoms with van der Waals surface area (Å²) < 4.78 is 22.5. The number of hydrogen-bond donors (Lipinski definition) is 1. The summed E-state index contributed by atoms with van der Waals surface area (Å²) in [4.78, 5) is 0. The van der Waals surface area contributed by atoms with Gasteiger partial charge in [0.25, 0.3) is 0 Å². The molecule has 0 spiro atoms. The number of hydrogen-bond acceptors (Lipinski definition) is 3. The lowest BCUT2D eigenvalue weighted by atomic mass is 10.1. The lowest BCUT2D eigenvalue weighted by Gasteiger charge is -2.05. The van der Waals surface area contributed by atoms with Crippen molar-refractivity contribution in [2.45, 2.75) is 26.8 Å². The summed E-state index contributed by atoms with van der Waals surface area (Å²) in [6, 6.07) is 8.39. The number of aryl methyl sites for hydroxylation is 1.